The van der Waals surface area contributed by atoms with Crippen molar-refractivity contribution in [2.45, 2.75) is 6.61 Å². The molecule has 2 aromatic rings. The number of hydrogen-bond acceptors (Lipinski definition) is 8. The molecule has 2 aromatic carbocycles. The number of esters is 2. The summed E-state index contributed by atoms with van der Waals surface area (Å²) >= 11 is 0. The van der Waals surface area contributed by atoms with Gasteiger partial charge in [0.2, 0.25) is 0 Å². The molecule has 9 heteroatoms. The van der Waals surface area contributed by atoms with Crippen LogP contribution in [0, 0.1) is 0 Å². The van der Waals surface area contributed by atoms with Gasteiger partial charge in [-0.05, 0) is 5.56 Å². The van der Waals surface area contributed by atoms with E-state index in [1.165, 1.54) is 32.4 Å². The van der Waals surface area contributed by atoms with Crippen LogP contribution in [0.25, 0.3) is 0 Å². The summed E-state index contributed by atoms with van der Waals surface area (Å²) in [6, 6.07) is 13.6. The second kappa shape index (κ2) is 11.2. The average molecular weight is 403 g/mol. The van der Waals surface area contributed by atoms with Crippen molar-refractivity contribution in [1.82, 2.24) is 0 Å². The van der Waals surface area contributed by atoms with E-state index in [9.17, 15) is 14.4 Å². The Morgan fingerprint density at radius 3 is 1.90 bits per heavy atom. The Bertz CT molecular complexity index is 799. The van der Waals surface area contributed by atoms with E-state index in [0.717, 1.165) is 5.56 Å². The molecule has 2 rings (SSSR count). The quantitative estimate of drug-likeness (QED) is 0.503. The van der Waals surface area contributed by atoms with Crippen LogP contribution in [0.15, 0.2) is 48.5 Å². The van der Waals surface area contributed by atoms with Crippen LogP contribution in [0.3, 0.4) is 0 Å². The van der Waals surface area contributed by atoms with E-state index in [-0.39, 0.29) is 37.0 Å². The molecule has 29 heavy (non-hydrogen) atoms. The van der Waals surface area contributed by atoms with E-state index in [1.807, 2.05) is 30.3 Å². The van der Waals surface area contributed by atoms with E-state index < -0.39 is 18.0 Å². The normalized spacial score (nSPS) is 9.86. The van der Waals surface area contributed by atoms with Crippen molar-refractivity contribution < 1.29 is 38.1 Å². The molecule has 0 saturated carbocycles. The summed E-state index contributed by atoms with van der Waals surface area (Å²) in [6.07, 6.45) is -0.696. The number of anilines is 1. The zero-order valence-corrected chi connectivity index (χ0v) is 16.0. The van der Waals surface area contributed by atoms with E-state index >= 15 is 0 Å². The number of hydrogen-bond donors (Lipinski definition) is 1. The van der Waals surface area contributed by atoms with Crippen molar-refractivity contribution in [3.63, 3.8) is 0 Å². The maximum absolute atomic E-state index is 12.1. The molecule has 0 aliphatic heterocycles. The Hall–Kier alpha value is -3.75. The molecule has 0 fully saturated rings. The van der Waals surface area contributed by atoms with Crippen LogP contribution in [0.4, 0.5) is 10.5 Å². The van der Waals surface area contributed by atoms with E-state index in [4.69, 9.17) is 14.2 Å². The van der Waals surface area contributed by atoms with Crippen LogP contribution in [-0.2, 0) is 30.4 Å². The number of nitrogens with one attached hydrogen (secondary N) is 1. The lowest BCUT2D eigenvalue weighted by molar-refractivity contribution is -0.143. The van der Waals surface area contributed by atoms with E-state index in [0.29, 0.717) is 0 Å². The Balaban J connectivity index is 2.05. The first-order valence-electron chi connectivity index (χ1n) is 8.52. The number of carbonyl (C=O) groups is 3. The first-order valence-corrected chi connectivity index (χ1v) is 8.52. The van der Waals surface area contributed by atoms with Gasteiger partial charge in [-0.15, -0.1) is 0 Å². The van der Waals surface area contributed by atoms with Crippen molar-refractivity contribution in [2.24, 2.45) is 0 Å². The predicted molar refractivity (Wildman–Crippen MR) is 102 cm³/mol. The first kappa shape index (κ1) is 21.5. The van der Waals surface area contributed by atoms with Gasteiger partial charge in [0, 0.05) is 18.2 Å². The van der Waals surface area contributed by atoms with Crippen LogP contribution in [0.1, 0.15) is 5.56 Å². The number of ether oxygens (including phenoxy) is 5. The Kier molecular flexibility index (Phi) is 8.30. The number of rotatable bonds is 9. The minimum atomic E-state index is -0.696. The monoisotopic (exact) mass is 403 g/mol. The van der Waals surface area contributed by atoms with Gasteiger partial charge < -0.3 is 23.7 Å². The third-order valence-corrected chi connectivity index (χ3v) is 3.51. The summed E-state index contributed by atoms with van der Waals surface area (Å²) in [7, 11) is 2.47. The summed E-state index contributed by atoms with van der Waals surface area (Å²) in [4.78, 5) is 34.6. The molecule has 0 bridgehead atoms. The fourth-order valence-electron chi connectivity index (χ4n) is 2.09. The van der Waals surface area contributed by atoms with E-state index in [1.54, 1.807) is 0 Å². The standard InChI is InChI=1S/C20H21NO8/c1-25-18(22)12-27-16-8-15(9-17(10-16)28-13-19(23)26-2)21-20(24)29-11-14-6-4-3-5-7-14/h3-10H,11-13H2,1-2H3,(H,21,24). The fourth-order valence-corrected chi connectivity index (χ4v) is 2.09. The molecule has 0 atom stereocenters. The van der Waals surface area contributed by atoms with Crippen LogP contribution in [0.2, 0.25) is 0 Å². The van der Waals surface area contributed by atoms with Gasteiger partial charge >= 0.3 is 18.0 Å². The molecule has 1 N–H and O–H groups in total. The van der Waals surface area contributed by atoms with Crippen molar-refractivity contribution >= 4 is 23.7 Å². The number of carbonyl (C=O) groups excluding carboxylic acids is 3. The second-order valence-electron chi connectivity index (χ2n) is 5.61. The zero-order valence-electron chi connectivity index (χ0n) is 16.0. The molecule has 0 aromatic heterocycles. The first-order chi connectivity index (χ1) is 14.0. The molecule has 154 valence electrons. The summed E-state index contributed by atoms with van der Waals surface area (Å²) in [5.74, 6) is -0.724. The lowest BCUT2D eigenvalue weighted by Gasteiger charge is -2.12. The third kappa shape index (κ3) is 7.79. The molecule has 0 unspecified atom stereocenters. The highest BCUT2D eigenvalue weighted by atomic mass is 16.6. The smallest absolute Gasteiger partial charge is 0.411 e. The Labute approximate surface area is 167 Å². The largest absolute Gasteiger partial charge is 0.482 e. The van der Waals surface area contributed by atoms with Gasteiger partial charge in [-0.1, -0.05) is 30.3 Å². The lowest BCUT2D eigenvalue weighted by atomic mass is 10.2. The van der Waals surface area contributed by atoms with Gasteiger partial charge in [0.25, 0.3) is 0 Å². The Morgan fingerprint density at radius 2 is 1.38 bits per heavy atom. The molecule has 0 spiro atoms. The van der Waals surface area contributed by atoms with Crippen molar-refractivity contribution in [3.8, 4) is 11.5 Å². The van der Waals surface area contributed by atoms with Crippen LogP contribution < -0.4 is 14.8 Å². The van der Waals surface area contributed by atoms with Gasteiger partial charge in [-0.3, -0.25) is 5.32 Å². The summed E-state index contributed by atoms with van der Waals surface area (Å²) in [5.41, 5.74) is 1.12. The highest BCUT2D eigenvalue weighted by Crippen LogP contribution is 2.26. The van der Waals surface area contributed by atoms with Crippen LogP contribution in [-0.4, -0.2) is 45.5 Å². The molecule has 0 saturated heterocycles. The summed E-state index contributed by atoms with van der Waals surface area (Å²) in [6.45, 7) is -0.583. The molecule has 0 heterocycles. The van der Waals surface area contributed by atoms with E-state index in [2.05, 4.69) is 14.8 Å². The number of amides is 1. The third-order valence-electron chi connectivity index (χ3n) is 3.51. The fraction of sp³-hybridized carbons (Fsp3) is 0.250. The Morgan fingerprint density at radius 1 is 0.828 bits per heavy atom. The molecule has 0 aliphatic carbocycles. The molecule has 0 aliphatic rings. The van der Waals surface area contributed by atoms with Crippen molar-refractivity contribution in [3.05, 3.63) is 54.1 Å². The van der Waals surface area contributed by atoms with Crippen molar-refractivity contribution in [1.29, 1.82) is 0 Å². The maximum Gasteiger partial charge on any atom is 0.411 e. The minimum Gasteiger partial charge on any atom is -0.482 e. The molecular formula is C20H21NO8. The zero-order chi connectivity index (χ0) is 21.1. The maximum atomic E-state index is 12.1. The molecular weight excluding hydrogens is 382 g/mol. The SMILES string of the molecule is COC(=O)COc1cc(NC(=O)OCc2ccccc2)cc(OCC(=O)OC)c1. The van der Waals surface area contributed by atoms with Gasteiger partial charge in [0.15, 0.2) is 13.2 Å². The molecule has 1 amide bonds. The summed E-state index contributed by atoms with van der Waals surface area (Å²) in [5, 5.41) is 2.54. The minimum absolute atomic E-state index is 0.0941. The highest BCUT2D eigenvalue weighted by Gasteiger charge is 2.11. The molecule has 9 nitrogen and oxygen atoms in total. The molecule has 0 radical (unpaired) electrons. The predicted octanol–water partition coefficient (Wildman–Crippen LogP) is 2.54. The highest BCUT2D eigenvalue weighted by molar-refractivity contribution is 5.85. The number of benzene rings is 2. The summed E-state index contributed by atoms with van der Waals surface area (Å²) < 4.78 is 24.8. The van der Waals surface area contributed by atoms with Crippen molar-refractivity contribution in [2.75, 3.05) is 32.8 Å². The van der Waals surface area contributed by atoms with Crippen LogP contribution >= 0.6 is 0 Å². The van der Waals surface area contributed by atoms with Gasteiger partial charge in [-0.25, -0.2) is 14.4 Å². The second-order valence-corrected chi connectivity index (χ2v) is 5.61. The van der Waals surface area contributed by atoms with Gasteiger partial charge in [0.1, 0.15) is 18.1 Å². The van der Waals surface area contributed by atoms with Crippen LogP contribution in [0.5, 0.6) is 11.5 Å². The lowest BCUT2D eigenvalue weighted by Crippen LogP contribution is -2.16. The van der Waals surface area contributed by atoms with Gasteiger partial charge in [-0.2, -0.15) is 0 Å². The number of methoxy groups -OCH3 is 2. The van der Waals surface area contributed by atoms with Gasteiger partial charge in [0.05, 0.1) is 19.9 Å². The average Bonchev–Trinajstić information content (AvgIpc) is 2.75. The topological polar surface area (TPSA) is 109 Å².